The average molecular weight is 1030 g/mol. The Morgan fingerprint density at radius 2 is 0.750 bits per heavy atom. The lowest BCUT2D eigenvalue weighted by molar-refractivity contribution is -0.161. The van der Waals surface area contributed by atoms with E-state index in [2.05, 4.69) is 106 Å². The van der Waals surface area contributed by atoms with Gasteiger partial charge in [-0.15, -0.1) is 0 Å². The highest BCUT2D eigenvalue weighted by Gasteiger charge is 2.28. The molecule has 0 aromatic heterocycles. The summed E-state index contributed by atoms with van der Waals surface area (Å²) in [5, 5.41) is 9.80. The molecule has 0 saturated carbocycles. The first-order valence-electron chi connectivity index (χ1n) is 28.5. The molecule has 2 N–H and O–H groups in total. The molecular formula is C60H103O11P. The molecule has 72 heavy (non-hydrogen) atoms. The summed E-state index contributed by atoms with van der Waals surface area (Å²) in [7, 11) is -4.76. The van der Waals surface area contributed by atoms with Crippen LogP contribution in [0.5, 0.6) is 0 Å². The molecule has 0 aliphatic carbocycles. The number of aliphatic hydroxyl groups is 1. The van der Waals surface area contributed by atoms with Crippen molar-refractivity contribution >= 4 is 25.7 Å². The lowest BCUT2D eigenvalue weighted by Crippen LogP contribution is -2.30. The van der Waals surface area contributed by atoms with E-state index in [4.69, 9.17) is 23.3 Å². The zero-order valence-electron chi connectivity index (χ0n) is 45.6. The first-order chi connectivity index (χ1) is 35.2. The molecule has 0 aliphatic rings. The Morgan fingerprint density at radius 3 is 1.18 bits per heavy atom. The molecule has 3 atom stereocenters. The number of hydrogen-bond donors (Lipinski definition) is 2. The maximum atomic E-state index is 12.9. The molecule has 0 amide bonds. The van der Waals surface area contributed by atoms with Crippen molar-refractivity contribution in [1.29, 1.82) is 0 Å². The lowest BCUT2D eigenvalue weighted by Gasteiger charge is -2.21. The van der Waals surface area contributed by atoms with Crippen molar-refractivity contribution in [2.24, 2.45) is 0 Å². The van der Waals surface area contributed by atoms with E-state index in [9.17, 15) is 28.9 Å². The van der Waals surface area contributed by atoms with Crippen LogP contribution in [0.4, 0.5) is 0 Å². The highest BCUT2D eigenvalue weighted by atomic mass is 31.2. The van der Waals surface area contributed by atoms with Crippen LogP contribution in [-0.4, -0.2) is 66.5 Å². The predicted molar refractivity (Wildman–Crippen MR) is 298 cm³/mol. The number of aliphatic hydroxyl groups excluding tert-OH is 1. The van der Waals surface area contributed by atoms with E-state index in [1.54, 1.807) is 0 Å². The van der Waals surface area contributed by atoms with Crippen LogP contribution in [0.3, 0.4) is 0 Å². The third-order valence-electron chi connectivity index (χ3n) is 11.8. The van der Waals surface area contributed by atoms with Crippen molar-refractivity contribution in [3.63, 3.8) is 0 Å². The van der Waals surface area contributed by atoms with Crippen LogP contribution >= 0.6 is 7.82 Å². The fraction of sp³-hybridized carbons (Fsp3) is 0.717. The molecule has 0 aliphatic heterocycles. The quantitative estimate of drug-likeness (QED) is 0.0197. The predicted octanol–water partition coefficient (Wildman–Crippen LogP) is 16.7. The van der Waals surface area contributed by atoms with Crippen molar-refractivity contribution in [3.05, 3.63) is 85.1 Å². The normalized spacial score (nSPS) is 14.0. The molecule has 0 saturated heterocycles. The van der Waals surface area contributed by atoms with Crippen LogP contribution < -0.4 is 0 Å². The van der Waals surface area contributed by atoms with E-state index in [-0.39, 0.29) is 25.9 Å². The maximum Gasteiger partial charge on any atom is 0.472 e. The molecule has 3 unspecified atom stereocenters. The zero-order chi connectivity index (χ0) is 52.7. The third kappa shape index (κ3) is 51.6. The zero-order valence-corrected chi connectivity index (χ0v) is 46.5. The number of ether oxygens (including phenoxy) is 3. The molecule has 0 aromatic rings. The summed E-state index contributed by atoms with van der Waals surface area (Å²) >= 11 is 0. The van der Waals surface area contributed by atoms with Gasteiger partial charge in [-0.25, -0.2) is 4.57 Å². The molecular weight excluding hydrogens is 928 g/mol. The first kappa shape index (κ1) is 68.7. The second-order valence-electron chi connectivity index (χ2n) is 18.7. The molecule has 0 spiro atoms. The Hall–Kier alpha value is -3.34. The standard InChI is InChI=1S/C60H103O11P/c1-4-7-10-13-16-19-22-25-26-27-28-29-30-33-36-39-42-45-48-51-60(64)71-57(53-67-58(62)49-46-43-40-37-34-31-23-20-17-14-11-8-5-2)55-69-72(65,66)68-54-56(52-61)70-59(63)50-47-44-41-38-35-32-24-21-18-15-12-9-6-3/h8,11-12,15-17,19-21,24-26,31,34,56-57,61H,4-7,9-10,13-14,18,22-23,27-30,32-33,35-55H2,1-3H3,(H,65,66)/b11-8-,15-12-,19-16-,20-17-,24-21-,26-25-,34-31-. The molecule has 0 aromatic carbocycles. The van der Waals surface area contributed by atoms with Crippen molar-refractivity contribution in [3.8, 4) is 0 Å². The molecule has 0 radical (unpaired) electrons. The minimum absolute atomic E-state index is 0.152. The summed E-state index contributed by atoms with van der Waals surface area (Å²) in [4.78, 5) is 48.5. The molecule has 0 fully saturated rings. The van der Waals surface area contributed by atoms with Crippen molar-refractivity contribution in [2.45, 2.75) is 251 Å². The van der Waals surface area contributed by atoms with E-state index in [1.807, 2.05) is 0 Å². The van der Waals surface area contributed by atoms with Crippen LogP contribution in [0.2, 0.25) is 0 Å². The Morgan fingerprint density at radius 1 is 0.403 bits per heavy atom. The van der Waals surface area contributed by atoms with Gasteiger partial charge in [-0.1, -0.05) is 196 Å². The summed E-state index contributed by atoms with van der Waals surface area (Å²) in [6.07, 6.45) is 61.2. The van der Waals surface area contributed by atoms with E-state index in [0.29, 0.717) is 19.3 Å². The second-order valence-corrected chi connectivity index (χ2v) is 20.2. The van der Waals surface area contributed by atoms with Crippen LogP contribution in [0.1, 0.15) is 239 Å². The molecule has 12 heteroatoms. The molecule has 0 rings (SSSR count). The van der Waals surface area contributed by atoms with E-state index >= 15 is 0 Å². The highest BCUT2D eigenvalue weighted by molar-refractivity contribution is 7.47. The summed E-state index contributed by atoms with van der Waals surface area (Å²) < 4.78 is 39.4. The lowest BCUT2D eigenvalue weighted by atomic mass is 10.1. The first-order valence-corrected chi connectivity index (χ1v) is 30.0. The Labute approximate surface area is 439 Å². The minimum Gasteiger partial charge on any atom is -0.462 e. The number of phosphoric ester groups is 1. The fourth-order valence-corrected chi connectivity index (χ4v) is 8.22. The topological polar surface area (TPSA) is 155 Å². The highest BCUT2D eigenvalue weighted by Crippen LogP contribution is 2.43. The largest absolute Gasteiger partial charge is 0.472 e. The summed E-state index contributed by atoms with van der Waals surface area (Å²) in [6, 6.07) is 0. The summed E-state index contributed by atoms with van der Waals surface area (Å²) in [5.41, 5.74) is 0. The number of carbonyl (C=O) groups is 3. The van der Waals surface area contributed by atoms with Gasteiger partial charge in [0.05, 0.1) is 19.8 Å². The number of carbonyl (C=O) groups excluding carboxylic acids is 3. The van der Waals surface area contributed by atoms with Gasteiger partial charge in [0.1, 0.15) is 12.7 Å². The molecule has 0 heterocycles. The van der Waals surface area contributed by atoms with Gasteiger partial charge in [-0.2, -0.15) is 0 Å². The Bertz CT molecular complexity index is 1530. The van der Waals surface area contributed by atoms with Crippen LogP contribution in [0, 0.1) is 0 Å². The van der Waals surface area contributed by atoms with Crippen LogP contribution in [0.15, 0.2) is 85.1 Å². The average Bonchev–Trinajstić information content (AvgIpc) is 3.37. The molecule has 11 nitrogen and oxygen atoms in total. The van der Waals surface area contributed by atoms with Gasteiger partial charge in [0, 0.05) is 19.3 Å². The number of phosphoric acid groups is 1. The van der Waals surface area contributed by atoms with Gasteiger partial charge in [0.15, 0.2) is 6.10 Å². The number of allylic oxidation sites excluding steroid dienone is 14. The smallest absolute Gasteiger partial charge is 0.462 e. The van der Waals surface area contributed by atoms with Gasteiger partial charge in [-0.05, 0) is 109 Å². The van der Waals surface area contributed by atoms with Crippen LogP contribution in [0.25, 0.3) is 0 Å². The van der Waals surface area contributed by atoms with Gasteiger partial charge in [-0.3, -0.25) is 23.4 Å². The Kier molecular flexibility index (Phi) is 51.4. The molecule has 0 bridgehead atoms. The fourth-order valence-electron chi connectivity index (χ4n) is 7.44. The number of unbranched alkanes of at least 4 members (excludes halogenated alkanes) is 21. The van der Waals surface area contributed by atoms with Crippen molar-refractivity contribution in [1.82, 2.24) is 0 Å². The monoisotopic (exact) mass is 1030 g/mol. The van der Waals surface area contributed by atoms with Gasteiger partial charge in [0.25, 0.3) is 0 Å². The van der Waals surface area contributed by atoms with Crippen molar-refractivity contribution in [2.75, 3.05) is 26.4 Å². The van der Waals surface area contributed by atoms with Gasteiger partial charge in [0.2, 0.25) is 0 Å². The van der Waals surface area contributed by atoms with Crippen molar-refractivity contribution < 1.29 is 52.2 Å². The minimum atomic E-state index is -4.76. The summed E-state index contributed by atoms with van der Waals surface area (Å²) in [6.45, 7) is 4.38. The number of esters is 3. The number of rotatable bonds is 52. The summed E-state index contributed by atoms with van der Waals surface area (Å²) in [5.74, 6) is -1.52. The number of hydrogen-bond acceptors (Lipinski definition) is 10. The molecule has 414 valence electrons. The van der Waals surface area contributed by atoms with Gasteiger partial charge < -0.3 is 24.2 Å². The maximum absolute atomic E-state index is 12.9. The van der Waals surface area contributed by atoms with Crippen LogP contribution in [-0.2, 0) is 42.2 Å². The van der Waals surface area contributed by atoms with Gasteiger partial charge >= 0.3 is 25.7 Å². The second kappa shape index (κ2) is 53.9. The van der Waals surface area contributed by atoms with E-state index in [1.165, 1.54) is 57.8 Å². The Balaban J connectivity index is 4.76. The van der Waals surface area contributed by atoms with E-state index in [0.717, 1.165) is 122 Å². The van der Waals surface area contributed by atoms with E-state index < -0.39 is 57.8 Å². The SMILES string of the molecule is CC/C=C\C/C=C\C/C=C\CCCCCC(=O)OCC(COP(=O)(O)OCC(CO)OC(=O)CCCCCCC/C=C\C/C=C\CCC)OC(=O)CCCCCCCCCCC/C=C\C/C=C\CCCCC. The third-order valence-corrected chi connectivity index (χ3v) is 12.7.